The Morgan fingerprint density at radius 2 is 1.91 bits per heavy atom. The molecule has 114 valence electrons. The Bertz CT molecular complexity index is 939. The van der Waals surface area contributed by atoms with Gasteiger partial charge in [-0.3, -0.25) is 4.57 Å². The molecular formula is C18H15N3O2. The van der Waals surface area contributed by atoms with Crippen molar-refractivity contribution >= 4 is 23.0 Å². The van der Waals surface area contributed by atoms with Gasteiger partial charge in [-0.25, -0.2) is 9.78 Å². The lowest BCUT2D eigenvalue weighted by molar-refractivity contribution is -0.132. The highest BCUT2D eigenvalue weighted by Crippen LogP contribution is 2.34. The van der Waals surface area contributed by atoms with Crippen LogP contribution in [-0.2, 0) is 4.79 Å². The standard InChI is InChI=1S/C18H15N3O2/c1-11-6-8-12(9-7-11)16-10-14(17(22)23)20-18-19-13-4-2-3-5-15(13)21(16)18/h2-10,16H,1H3,(H,19,20)(H,22,23)/t16-/m0/s1. The molecule has 0 spiro atoms. The number of hydrogen-bond donors (Lipinski definition) is 2. The third-order valence-electron chi connectivity index (χ3n) is 4.09. The molecule has 0 amide bonds. The Morgan fingerprint density at radius 1 is 1.17 bits per heavy atom. The number of aliphatic carboxylic acids is 1. The van der Waals surface area contributed by atoms with Crippen LogP contribution in [0.5, 0.6) is 0 Å². The Hall–Kier alpha value is -3.08. The van der Waals surface area contributed by atoms with Crippen LogP contribution in [0.4, 0.5) is 5.95 Å². The van der Waals surface area contributed by atoms with Crippen molar-refractivity contribution in [2.75, 3.05) is 5.32 Å². The Kier molecular flexibility index (Phi) is 2.94. The Labute approximate surface area is 132 Å². The average Bonchev–Trinajstić information content (AvgIpc) is 2.93. The number of benzene rings is 2. The number of hydrogen-bond acceptors (Lipinski definition) is 3. The molecule has 1 aliphatic heterocycles. The van der Waals surface area contributed by atoms with Crippen molar-refractivity contribution in [3.05, 3.63) is 71.4 Å². The second-order valence-corrected chi connectivity index (χ2v) is 5.66. The summed E-state index contributed by atoms with van der Waals surface area (Å²) >= 11 is 0. The first kappa shape index (κ1) is 13.6. The van der Waals surface area contributed by atoms with Gasteiger partial charge in [0.15, 0.2) is 0 Å². The van der Waals surface area contributed by atoms with Gasteiger partial charge in [0.1, 0.15) is 5.70 Å². The molecule has 5 heteroatoms. The smallest absolute Gasteiger partial charge is 0.352 e. The Morgan fingerprint density at radius 3 is 2.65 bits per heavy atom. The highest BCUT2D eigenvalue weighted by Gasteiger charge is 2.26. The number of aromatic nitrogens is 2. The molecule has 1 aliphatic rings. The van der Waals surface area contributed by atoms with E-state index in [0.717, 1.165) is 16.6 Å². The molecule has 0 radical (unpaired) electrons. The van der Waals surface area contributed by atoms with E-state index >= 15 is 0 Å². The van der Waals surface area contributed by atoms with Crippen molar-refractivity contribution < 1.29 is 9.90 Å². The zero-order valence-corrected chi connectivity index (χ0v) is 12.5. The topological polar surface area (TPSA) is 67.2 Å². The minimum atomic E-state index is -0.986. The number of aryl methyl sites for hydroxylation is 1. The second kappa shape index (κ2) is 4.98. The summed E-state index contributed by atoms with van der Waals surface area (Å²) in [6, 6.07) is 15.7. The highest BCUT2D eigenvalue weighted by atomic mass is 16.4. The van der Waals surface area contributed by atoms with Gasteiger partial charge in [0, 0.05) is 0 Å². The number of para-hydroxylation sites is 2. The normalized spacial score (nSPS) is 16.6. The SMILES string of the molecule is Cc1ccc([C@@H]2C=C(C(=O)O)Nc3nc4ccccc4n32)cc1. The lowest BCUT2D eigenvalue weighted by Crippen LogP contribution is -2.23. The number of allylic oxidation sites excluding steroid dienone is 1. The number of carboxylic acids is 1. The van der Waals surface area contributed by atoms with Crippen molar-refractivity contribution in [2.45, 2.75) is 13.0 Å². The third kappa shape index (κ3) is 2.17. The van der Waals surface area contributed by atoms with Crippen LogP contribution in [-0.4, -0.2) is 20.6 Å². The van der Waals surface area contributed by atoms with E-state index in [0.29, 0.717) is 5.95 Å². The lowest BCUT2D eigenvalue weighted by Gasteiger charge is -2.25. The van der Waals surface area contributed by atoms with Crippen LogP contribution in [0.1, 0.15) is 17.2 Å². The molecule has 0 aliphatic carbocycles. The van der Waals surface area contributed by atoms with Gasteiger partial charge in [-0.1, -0.05) is 42.0 Å². The molecule has 0 bridgehead atoms. The fourth-order valence-electron chi connectivity index (χ4n) is 2.94. The number of fused-ring (bicyclic) bond motifs is 3. The van der Waals surface area contributed by atoms with Gasteiger partial charge in [0.05, 0.1) is 17.1 Å². The molecule has 1 aromatic heterocycles. The van der Waals surface area contributed by atoms with Gasteiger partial charge in [-0.15, -0.1) is 0 Å². The summed E-state index contributed by atoms with van der Waals surface area (Å²) in [6.07, 6.45) is 1.73. The second-order valence-electron chi connectivity index (χ2n) is 5.66. The molecule has 2 N–H and O–H groups in total. The summed E-state index contributed by atoms with van der Waals surface area (Å²) in [5.41, 5.74) is 4.16. The molecule has 2 aromatic carbocycles. The van der Waals surface area contributed by atoms with Crippen molar-refractivity contribution in [1.82, 2.24) is 9.55 Å². The van der Waals surface area contributed by atoms with E-state index in [4.69, 9.17) is 0 Å². The number of nitrogens with zero attached hydrogens (tertiary/aromatic N) is 2. The summed E-state index contributed by atoms with van der Waals surface area (Å²) in [7, 11) is 0. The summed E-state index contributed by atoms with van der Waals surface area (Å²) in [6.45, 7) is 2.03. The van der Waals surface area contributed by atoms with Crippen molar-refractivity contribution in [3.8, 4) is 0 Å². The van der Waals surface area contributed by atoms with E-state index < -0.39 is 5.97 Å². The van der Waals surface area contributed by atoms with Crippen molar-refractivity contribution in [3.63, 3.8) is 0 Å². The lowest BCUT2D eigenvalue weighted by atomic mass is 10.0. The first-order chi connectivity index (χ1) is 11.1. The largest absolute Gasteiger partial charge is 0.477 e. The highest BCUT2D eigenvalue weighted by molar-refractivity contribution is 5.92. The number of carbonyl (C=O) groups is 1. The maximum Gasteiger partial charge on any atom is 0.352 e. The molecular weight excluding hydrogens is 290 g/mol. The number of rotatable bonds is 2. The van der Waals surface area contributed by atoms with Gasteiger partial charge in [0.2, 0.25) is 5.95 Å². The first-order valence-corrected chi connectivity index (χ1v) is 7.39. The molecule has 0 fully saturated rings. The molecule has 23 heavy (non-hydrogen) atoms. The van der Waals surface area contributed by atoms with Crippen molar-refractivity contribution in [1.29, 1.82) is 0 Å². The van der Waals surface area contributed by atoms with E-state index in [1.54, 1.807) is 6.08 Å². The Balaban J connectivity index is 1.95. The fraction of sp³-hybridized carbons (Fsp3) is 0.111. The number of carboxylic acid groups (broad SMARTS) is 1. The number of imidazole rings is 1. The van der Waals surface area contributed by atoms with E-state index in [1.165, 1.54) is 5.56 Å². The van der Waals surface area contributed by atoms with Gasteiger partial charge in [-0.2, -0.15) is 0 Å². The average molecular weight is 305 g/mol. The molecule has 2 heterocycles. The number of anilines is 1. The number of nitrogens with one attached hydrogen (secondary N) is 1. The van der Waals surface area contributed by atoms with Crippen LogP contribution >= 0.6 is 0 Å². The molecule has 1 atom stereocenters. The fourth-order valence-corrected chi connectivity index (χ4v) is 2.94. The van der Waals surface area contributed by atoms with Gasteiger partial charge < -0.3 is 10.4 Å². The molecule has 0 unspecified atom stereocenters. The molecule has 0 saturated heterocycles. The predicted molar refractivity (Wildman–Crippen MR) is 88.4 cm³/mol. The maximum absolute atomic E-state index is 11.4. The monoisotopic (exact) mass is 305 g/mol. The van der Waals surface area contributed by atoms with Crippen LogP contribution in [0, 0.1) is 6.92 Å². The summed E-state index contributed by atoms with van der Waals surface area (Å²) in [5.74, 6) is -0.433. The predicted octanol–water partition coefficient (Wildman–Crippen LogP) is 3.33. The zero-order chi connectivity index (χ0) is 16.0. The quantitative estimate of drug-likeness (QED) is 0.762. The van der Waals surface area contributed by atoms with Crippen LogP contribution in [0.15, 0.2) is 60.3 Å². The summed E-state index contributed by atoms with van der Waals surface area (Å²) in [5, 5.41) is 12.3. The van der Waals surface area contributed by atoms with Crippen molar-refractivity contribution in [2.24, 2.45) is 0 Å². The maximum atomic E-state index is 11.4. The van der Waals surface area contributed by atoms with Crippen LogP contribution in [0.3, 0.4) is 0 Å². The van der Waals surface area contributed by atoms with E-state index in [2.05, 4.69) is 10.3 Å². The summed E-state index contributed by atoms with van der Waals surface area (Å²) < 4.78 is 2.03. The third-order valence-corrected chi connectivity index (χ3v) is 4.09. The van der Waals surface area contributed by atoms with E-state index in [1.807, 2.05) is 60.0 Å². The molecule has 4 rings (SSSR count). The van der Waals surface area contributed by atoms with Crippen LogP contribution in [0.2, 0.25) is 0 Å². The van der Waals surface area contributed by atoms with E-state index in [9.17, 15) is 9.90 Å². The van der Waals surface area contributed by atoms with Crippen LogP contribution < -0.4 is 5.32 Å². The molecule has 0 saturated carbocycles. The molecule has 5 nitrogen and oxygen atoms in total. The van der Waals surface area contributed by atoms with Gasteiger partial charge in [0.25, 0.3) is 0 Å². The summed E-state index contributed by atoms with van der Waals surface area (Å²) in [4.78, 5) is 16.0. The van der Waals surface area contributed by atoms with E-state index in [-0.39, 0.29) is 11.7 Å². The van der Waals surface area contributed by atoms with Gasteiger partial charge >= 0.3 is 5.97 Å². The zero-order valence-electron chi connectivity index (χ0n) is 12.5. The van der Waals surface area contributed by atoms with Crippen LogP contribution in [0.25, 0.3) is 11.0 Å². The minimum Gasteiger partial charge on any atom is -0.477 e. The van der Waals surface area contributed by atoms with Gasteiger partial charge in [-0.05, 0) is 30.7 Å². The minimum absolute atomic E-state index is 0.151. The molecule has 3 aromatic rings. The first-order valence-electron chi connectivity index (χ1n) is 7.39.